The highest BCUT2D eigenvalue weighted by Crippen LogP contribution is 2.69. The Morgan fingerprint density at radius 2 is 1.61 bits per heavy atom. The van der Waals surface area contributed by atoms with Crippen LogP contribution in [0.4, 0.5) is 0 Å². The molecule has 4 bridgehead atoms. The lowest BCUT2D eigenvalue weighted by Crippen LogP contribution is -2.34. The number of hydrogen-bond acceptors (Lipinski definition) is 0. The summed E-state index contributed by atoms with van der Waals surface area (Å²) >= 11 is 0. The zero-order valence-corrected chi connectivity index (χ0v) is 12.5. The van der Waals surface area contributed by atoms with Gasteiger partial charge in [0, 0.05) is 0 Å². The molecule has 102 valence electrons. The lowest BCUT2D eigenvalue weighted by molar-refractivity contribution is 0.0798. The van der Waals surface area contributed by atoms with Gasteiger partial charge in [-0.05, 0) is 85.4 Å². The van der Waals surface area contributed by atoms with Crippen molar-refractivity contribution in [1.29, 1.82) is 0 Å². The fourth-order valence-electron chi connectivity index (χ4n) is 6.79. The summed E-state index contributed by atoms with van der Waals surface area (Å²) < 4.78 is 0. The van der Waals surface area contributed by atoms with E-state index in [2.05, 4.69) is 20.8 Å². The molecule has 4 fully saturated rings. The average Bonchev–Trinajstić information content (AvgIpc) is 3.06. The van der Waals surface area contributed by atoms with Gasteiger partial charge in [0.1, 0.15) is 0 Å². The van der Waals surface area contributed by atoms with Gasteiger partial charge in [-0.15, -0.1) is 0 Å². The van der Waals surface area contributed by atoms with E-state index in [0.29, 0.717) is 5.41 Å². The van der Waals surface area contributed by atoms with Crippen LogP contribution in [0.5, 0.6) is 0 Å². The Kier molecular flexibility index (Phi) is 2.47. The summed E-state index contributed by atoms with van der Waals surface area (Å²) in [5.74, 6) is 8.16. The molecule has 4 aliphatic carbocycles. The molecule has 4 saturated carbocycles. The molecule has 0 aromatic carbocycles. The molecule has 0 aliphatic heterocycles. The van der Waals surface area contributed by atoms with Crippen LogP contribution in [0.25, 0.3) is 0 Å². The molecule has 0 heterocycles. The highest BCUT2D eigenvalue weighted by atomic mass is 14.7. The van der Waals surface area contributed by atoms with E-state index in [1.165, 1.54) is 36.5 Å². The minimum Gasteiger partial charge on any atom is -0.0649 e. The summed E-state index contributed by atoms with van der Waals surface area (Å²) in [4.78, 5) is 0. The maximum absolute atomic E-state index is 2.50. The molecule has 4 aliphatic rings. The van der Waals surface area contributed by atoms with Gasteiger partial charge in [-0.1, -0.05) is 27.2 Å². The van der Waals surface area contributed by atoms with Gasteiger partial charge in [0.2, 0.25) is 0 Å². The maximum Gasteiger partial charge on any atom is -0.0321 e. The molecule has 7 unspecified atom stereocenters. The van der Waals surface area contributed by atoms with Gasteiger partial charge in [0.05, 0.1) is 0 Å². The SMILES string of the molecule is CCC(C)(C)CC1CC2CC1C1C3CCC(C3)C21. The second-order valence-corrected chi connectivity index (χ2v) is 8.87. The highest BCUT2D eigenvalue weighted by molar-refractivity contribution is 5.11. The Labute approximate surface area is 113 Å². The Bertz CT molecular complexity index is 342. The van der Waals surface area contributed by atoms with E-state index in [0.717, 1.165) is 17.8 Å². The molecule has 0 heteroatoms. The summed E-state index contributed by atoms with van der Waals surface area (Å²) in [5.41, 5.74) is 0.599. The van der Waals surface area contributed by atoms with Gasteiger partial charge >= 0.3 is 0 Å². The summed E-state index contributed by atoms with van der Waals surface area (Å²) in [7, 11) is 0. The molecule has 0 N–H and O–H groups in total. The molecule has 7 atom stereocenters. The van der Waals surface area contributed by atoms with Gasteiger partial charge in [-0.3, -0.25) is 0 Å². The van der Waals surface area contributed by atoms with E-state index in [-0.39, 0.29) is 0 Å². The van der Waals surface area contributed by atoms with Crippen molar-refractivity contribution in [2.75, 3.05) is 0 Å². The second kappa shape index (κ2) is 3.76. The lowest BCUT2D eigenvalue weighted by Gasteiger charge is -2.41. The molecule has 0 saturated heterocycles. The first-order valence-electron chi connectivity index (χ1n) is 8.59. The average molecular weight is 246 g/mol. The summed E-state index contributed by atoms with van der Waals surface area (Å²) in [6.07, 6.45) is 10.9. The zero-order chi connectivity index (χ0) is 12.5. The predicted octanol–water partition coefficient (Wildman–Crippen LogP) is 5.13. The summed E-state index contributed by atoms with van der Waals surface area (Å²) in [6, 6.07) is 0. The standard InChI is InChI=1S/C18H30/c1-4-18(2,3)10-14-8-13-9-15(14)17-12-6-5-11(7-12)16(13)17/h11-17H,4-10H2,1-3H3. The van der Waals surface area contributed by atoms with Crippen molar-refractivity contribution in [3.8, 4) is 0 Å². The van der Waals surface area contributed by atoms with Crippen LogP contribution >= 0.6 is 0 Å². The van der Waals surface area contributed by atoms with Crippen molar-refractivity contribution in [2.45, 2.75) is 65.7 Å². The first kappa shape index (κ1) is 11.8. The molecule has 0 aromatic rings. The molecule has 4 rings (SSSR count). The summed E-state index contributed by atoms with van der Waals surface area (Å²) in [6.45, 7) is 7.38. The molecule has 0 spiro atoms. The van der Waals surface area contributed by atoms with E-state index in [4.69, 9.17) is 0 Å². The molecule has 0 radical (unpaired) electrons. The first-order chi connectivity index (χ1) is 8.59. The fourth-order valence-corrected chi connectivity index (χ4v) is 6.79. The van der Waals surface area contributed by atoms with Crippen LogP contribution in [-0.2, 0) is 0 Å². The number of hydrogen-bond donors (Lipinski definition) is 0. The highest BCUT2D eigenvalue weighted by Gasteiger charge is 2.62. The largest absolute Gasteiger partial charge is 0.0649 e. The van der Waals surface area contributed by atoms with E-state index < -0.39 is 0 Å². The minimum atomic E-state index is 0.599. The van der Waals surface area contributed by atoms with Gasteiger partial charge in [0.15, 0.2) is 0 Å². The van der Waals surface area contributed by atoms with Gasteiger partial charge in [0.25, 0.3) is 0 Å². The number of fused-ring (bicyclic) bond motifs is 9. The van der Waals surface area contributed by atoms with Crippen LogP contribution in [0.2, 0.25) is 0 Å². The Hall–Kier alpha value is 0. The van der Waals surface area contributed by atoms with Gasteiger partial charge in [-0.2, -0.15) is 0 Å². The predicted molar refractivity (Wildman–Crippen MR) is 76.2 cm³/mol. The third-order valence-electron chi connectivity index (χ3n) is 7.64. The van der Waals surface area contributed by atoms with E-state index in [9.17, 15) is 0 Å². The van der Waals surface area contributed by atoms with Gasteiger partial charge in [-0.25, -0.2) is 0 Å². The number of rotatable bonds is 3. The molecule has 0 aromatic heterocycles. The molecular formula is C18H30. The van der Waals surface area contributed by atoms with E-state index in [1.807, 2.05) is 0 Å². The third kappa shape index (κ3) is 1.50. The first-order valence-corrected chi connectivity index (χ1v) is 8.59. The van der Waals surface area contributed by atoms with Crippen LogP contribution < -0.4 is 0 Å². The van der Waals surface area contributed by atoms with Crippen LogP contribution in [0, 0.1) is 46.8 Å². The van der Waals surface area contributed by atoms with E-state index in [1.54, 1.807) is 32.1 Å². The van der Waals surface area contributed by atoms with Crippen LogP contribution in [0.1, 0.15) is 65.7 Å². The van der Waals surface area contributed by atoms with Crippen LogP contribution in [-0.4, -0.2) is 0 Å². The Balaban J connectivity index is 1.52. The summed E-state index contributed by atoms with van der Waals surface area (Å²) in [5, 5.41) is 0. The smallest absolute Gasteiger partial charge is 0.0321 e. The molecule has 0 amide bonds. The molecule has 0 nitrogen and oxygen atoms in total. The lowest BCUT2D eigenvalue weighted by atomic mass is 9.64. The van der Waals surface area contributed by atoms with Crippen molar-refractivity contribution >= 4 is 0 Å². The molecular weight excluding hydrogens is 216 g/mol. The molecule has 18 heavy (non-hydrogen) atoms. The van der Waals surface area contributed by atoms with Crippen LogP contribution in [0.15, 0.2) is 0 Å². The normalized spacial score (nSPS) is 53.2. The second-order valence-electron chi connectivity index (χ2n) is 8.87. The van der Waals surface area contributed by atoms with Crippen molar-refractivity contribution < 1.29 is 0 Å². The van der Waals surface area contributed by atoms with Crippen molar-refractivity contribution in [1.82, 2.24) is 0 Å². The minimum absolute atomic E-state index is 0.599. The third-order valence-corrected chi connectivity index (χ3v) is 7.64. The van der Waals surface area contributed by atoms with Crippen molar-refractivity contribution in [3.63, 3.8) is 0 Å². The van der Waals surface area contributed by atoms with Gasteiger partial charge < -0.3 is 0 Å². The van der Waals surface area contributed by atoms with Crippen molar-refractivity contribution in [2.24, 2.45) is 46.8 Å². The topological polar surface area (TPSA) is 0 Å². The quantitative estimate of drug-likeness (QED) is 0.605. The Morgan fingerprint density at radius 3 is 2.33 bits per heavy atom. The van der Waals surface area contributed by atoms with Crippen LogP contribution in [0.3, 0.4) is 0 Å². The zero-order valence-electron chi connectivity index (χ0n) is 12.5. The maximum atomic E-state index is 2.50. The Morgan fingerprint density at radius 1 is 0.889 bits per heavy atom. The van der Waals surface area contributed by atoms with Crippen molar-refractivity contribution in [3.05, 3.63) is 0 Å². The van der Waals surface area contributed by atoms with E-state index >= 15 is 0 Å². The fraction of sp³-hybridized carbons (Fsp3) is 1.00. The monoisotopic (exact) mass is 246 g/mol.